The second kappa shape index (κ2) is 22.1. The largest absolute Gasteiger partial charge is 0 e. The van der Waals surface area contributed by atoms with Gasteiger partial charge in [-0.3, -0.25) is 0 Å². The Labute approximate surface area is 62.0 Å². The van der Waals surface area contributed by atoms with Crippen LogP contribution in [0.1, 0.15) is 0 Å². The molecule has 4 radical (unpaired) electrons. The Balaban J connectivity index is 0. The Hall–Kier alpha value is 1.71. The van der Waals surface area contributed by atoms with Crippen molar-refractivity contribution in [3.05, 3.63) is 7.43 Å². The fourth-order valence-corrected chi connectivity index (χ4v) is 0. The van der Waals surface area contributed by atoms with E-state index in [0.717, 1.165) is 0 Å². The van der Waals surface area contributed by atoms with Crippen LogP contribution in [0.3, 0.4) is 0 Å². The standard InChI is InChI=1S/C.Cr.Ni.W. The smallest absolute Gasteiger partial charge is 0 e. The summed E-state index contributed by atoms with van der Waals surface area (Å²) in [6, 6.07) is 0. The van der Waals surface area contributed by atoms with Gasteiger partial charge in [0.15, 0.2) is 0 Å². The van der Waals surface area contributed by atoms with Crippen LogP contribution in [0.15, 0.2) is 0 Å². The van der Waals surface area contributed by atoms with Gasteiger partial charge < -0.3 is 0 Å². The quantitative estimate of drug-likeness (QED) is 0.556. The fourth-order valence-electron chi connectivity index (χ4n) is 0. The summed E-state index contributed by atoms with van der Waals surface area (Å²) in [5.41, 5.74) is 0. The van der Waals surface area contributed by atoms with E-state index >= 15 is 0 Å². The minimum atomic E-state index is 0. The molecular formula is CCrNiW. The van der Waals surface area contributed by atoms with E-state index in [9.17, 15) is 0 Å². The zero-order valence-electron chi connectivity index (χ0n) is 1.63. The SMILES string of the molecule is [C].[Cr].[Ni].[W]. The Bertz CT molecular complexity index is 8.00. The summed E-state index contributed by atoms with van der Waals surface area (Å²) in [7, 11) is 0. The van der Waals surface area contributed by atoms with Gasteiger partial charge in [0, 0.05) is 62.3 Å². The predicted octanol–water partition coefficient (Wildman–Crippen LogP) is 0.0738. The molecule has 0 unspecified atom stereocenters. The van der Waals surface area contributed by atoms with Crippen molar-refractivity contribution in [2.45, 2.75) is 0 Å². The first-order chi connectivity index (χ1) is 0. The molecule has 0 amide bonds. The Kier molecular flexibility index (Phi) is 239. The predicted molar refractivity (Wildman–Crippen MR) is 3.24 cm³/mol. The molecule has 0 aliphatic carbocycles. The van der Waals surface area contributed by atoms with Gasteiger partial charge in [0.05, 0.1) is 0 Å². The van der Waals surface area contributed by atoms with Crippen molar-refractivity contribution in [1.29, 1.82) is 0 Å². The molecule has 0 aliphatic rings. The summed E-state index contributed by atoms with van der Waals surface area (Å²) in [6.07, 6.45) is 0. The Morgan fingerprint density at radius 3 is 1.00 bits per heavy atom. The van der Waals surface area contributed by atoms with Gasteiger partial charge in [-0.25, -0.2) is 0 Å². The topological polar surface area (TPSA) is 0 Å². The van der Waals surface area contributed by atoms with E-state index in [1.807, 2.05) is 0 Å². The van der Waals surface area contributed by atoms with Gasteiger partial charge in [-0.15, -0.1) is 0 Å². The summed E-state index contributed by atoms with van der Waals surface area (Å²) in [4.78, 5) is 0. The third-order valence-electron chi connectivity index (χ3n) is 0. The first kappa shape index (κ1) is 43.2. The maximum atomic E-state index is 0. The molecule has 0 nitrogen and oxygen atoms in total. The summed E-state index contributed by atoms with van der Waals surface area (Å²) >= 11 is 0. The summed E-state index contributed by atoms with van der Waals surface area (Å²) in [5.74, 6) is 0. The van der Waals surface area contributed by atoms with Gasteiger partial charge in [-0.05, 0) is 0 Å². The average molecular weight is 307 g/mol. The number of hydrogen-bond acceptors (Lipinski definition) is 0. The first-order valence-electron chi connectivity index (χ1n) is 0. The Morgan fingerprint density at radius 1 is 1.00 bits per heavy atom. The van der Waals surface area contributed by atoms with Crippen LogP contribution in [0.25, 0.3) is 0 Å². The van der Waals surface area contributed by atoms with Crippen molar-refractivity contribution in [2.24, 2.45) is 0 Å². The fraction of sp³-hybridized carbons (Fsp3) is 0. The van der Waals surface area contributed by atoms with Gasteiger partial charge in [0.2, 0.25) is 0 Å². The zero-order chi connectivity index (χ0) is 0. The monoisotopic (exact) mass is 306 g/mol. The normalized spacial score (nSPS) is 0. The van der Waals surface area contributed by atoms with Crippen LogP contribution in [0.5, 0.6) is 0 Å². The molecule has 3 heteroatoms. The first-order valence-corrected chi connectivity index (χ1v) is 0. The van der Waals surface area contributed by atoms with Gasteiger partial charge in [-0.2, -0.15) is 0 Å². The number of hydrogen-bond donors (Lipinski definition) is 0. The second-order valence-corrected chi connectivity index (χ2v) is 0. The third kappa shape index (κ3) is 9.31. The Morgan fingerprint density at radius 2 is 1.00 bits per heavy atom. The van der Waals surface area contributed by atoms with E-state index < -0.39 is 0 Å². The molecule has 0 heterocycles. The maximum Gasteiger partial charge on any atom is 0 e. The van der Waals surface area contributed by atoms with E-state index in [0.29, 0.717) is 0 Å². The molecular weight excluding hydrogens is 307 g/mol. The molecule has 0 aromatic carbocycles. The van der Waals surface area contributed by atoms with Crippen LogP contribution in [0.4, 0.5) is 0 Å². The van der Waals surface area contributed by atoms with Crippen LogP contribution in [0.2, 0.25) is 0 Å². The number of rotatable bonds is 0. The molecule has 26 valence electrons. The van der Waals surface area contributed by atoms with Gasteiger partial charge in [0.25, 0.3) is 0 Å². The molecule has 0 saturated heterocycles. The molecule has 0 aromatic heterocycles. The minimum absolute atomic E-state index is 0. The molecule has 0 fully saturated rings. The van der Waals surface area contributed by atoms with E-state index in [1.165, 1.54) is 0 Å². The molecule has 0 aliphatic heterocycles. The van der Waals surface area contributed by atoms with E-state index in [1.54, 1.807) is 0 Å². The van der Waals surface area contributed by atoms with Crippen molar-refractivity contribution < 1.29 is 54.9 Å². The van der Waals surface area contributed by atoms with Crippen LogP contribution in [-0.4, -0.2) is 0 Å². The van der Waals surface area contributed by atoms with E-state index in [2.05, 4.69) is 0 Å². The van der Waals surface area contributed by atoms with Crippen molar-refractivity contribution in [1.82, 2.24) is 0 Å². The van der Waals surface area contributed by atoms with Crippen molar-refractivity contribution >= 4 is 0 Å². The van der Waals surface area contributed by atoms with E-state index in [4.69, 9.17) is 0 Å². The van der Waals surface area contributed by atoms with Crippen LogP contribution in [0, 0.1) is 7.43 Å². The molecule has 0 bridgehead atoms. The maximum absolute atomic E-state index is 0. The molecule has 0 saturated carbocycles. The van der Waals surface area contributed by atoms with Gasteiger partial charge >= 0.3 is 0 Å². The molecule has 0 aromatic rings. The van der Waals surface area contributed by atoms with Crippen LogP contribution >= 0.6 is 0 Å². The van der Waals surface area contributed by atoms with Gasteiger partial charge in [-0.1, -0.05) is 0 Å². The third-order valence-corrected chi connectivity index (χ3v) is 0. The average Bonchev–Trinajstić information content (AvgIpc) is 0. The van der Waals surface area contributed by atoms with Crippen molar-refractivity contribution in [3.63, 3.8) is 0 Å². The molecule has 4 heavy (non-hydrogen) atoms. The van der Waals surface area contributed by atoms with E-state index in [-0.39, 0.29) is 62.3 Å². The second-order valence-electron chi connectivity index (χ2n) is 0. The minimum Gasteiger partial charge on any atom is 0 e. The van der Waals surface area contributed by atoms with Crippen molar-refractivity contribution in [2.75, 3.05) is 0 Å². The molecule has 0 N–H and O–H groups in total. The summed E-state index contributed by atoms with van der Waals surface area (Å²) in [5, 5.41) is 0. The molecule has 0 atom stereocenters. The zero-order valence-corrected chi connectivity index (χ0v) is 6.83. The molecule has 0 spiro atoms. The van der Waals surface area contributed by atoms with Crippen molar-refractivity contribution in [3.8, 4) is 0 Å². The summed E-state index contributed by atoms with van der Waals surface area (Å²) < 4.78 is 0. The molecule has 0 rings (SSSR count). The van der Waals surface area contributed by atoms with Gasteiger partial charge in [0.1, 0.15) is 0 Å². The van der Waals surface area contributed by atoms with Crippen LogP contribution in [-0.2, 0) is 54.9 Å². The summed E-state index contributed by atoms with van der Waals surface area (Å²) in [6.45, 7) is 0. The van der Waals surface area contributed by atoms with Crippen LogP contribution < -0.4 is 0 Å².